The van der Waals surface area contributed by atoms with Crippen molar-refractivity contribution in [3.8, 4) is 11.3 Å². The van der Waals surface area contributed by atoms with E-state index in [-0.39, 0.29) is 23.7 Å². The molecule has 1 aromatic carbocycles. The predicted molar refractivity (Wildman–Crippen MR) is 103 cm³/mol. The number of anilines is 1. The minimum atomic E-state index is -4.42. The summed E-state index contributed by atoms with van der Waals surface area (Å²) >= 11 is 1.17. The van der Waals surface area contributed by atoms with E-state index in [4.69, 9.17) is 0 Å². The van der Waals surface area contributed by atoms with Gasteiger partial charge in [0.1, 0.15) is 0 Å². The molecule has 4 rings (SSSR count). The van der Waals surface area contributed by atoms with E-state index < -0.39 is 11.7 Å². The molecule has 2 aliphatic rings. The van der Waals surface area contributed by atoms with E-state index in [1.165, 1.54) is 17.4 Å². The van der Waals surface area contributed by atoms with Crippen LogP contribution in [0.25, 0.3) is 11.3 Å². The van der Waals surface area contributed by atoms with Gasteiger partial charge in [-0.05, 0) is 37.8 Å². The molecule has 2 aromatic rings. The first-order valence-electron chi connectivity index (χ1n) is 9.54. The molecule has 1 atom stereocenters. The van der Waals surface area contributed by atoms with Crippen LogP contribution in [0, 0.1) is 11.8 Å². The summed E-state index contributed by atoms with van der Waals surface area (Å²) in [4.78, 5) is 30.9. The number of amides is 2. The van der Waals surface area contributed by atoms with Crippen molar-refractivity contribution in [3.63, 3.8) is 0 Å². The topological polar surface area (TPSA) is 62.3 Å². The highest BCUT2D eigenvalue weighted by Crippen LogP contribution is 2.34. The second-order valence-corrected chi connectivity index (χ2v) is 8.36. The number of carbonyl (C=O) groups is 2. The molecule has 1 aliphatic carbocycles. The molecule has 1 saturated heterocycles. The molecule has 29 heavy (non-hydrogen) atoms. The van der Waals surface area contributed by atoms with Gasteiger partial charge in [0.15, 0.2) is 5.13 Å². The van der Waals surface area contributed by atoms with E-state index in [1.807, 2.05) is 0 Å². The van der Waals surface area contributed by atoms with E-state index in [0.717, 1.165) is 31.4 Å². The van der Waals surface area contributed by atoms with E-state index in [0.29, 0.717) is 35.9 Å². The van der Waals surface area contributed by atoms with Crippen LogP contribution in [0.3, 0.4) is 0 Å². The molecular formula is C20H20F3N3O2S. The number of nitrogens with zero attached hydrogens (tertiary/aromatic N) is 2. The molecule has 1 N–H and O–H groups in total. The van der Waals surface area contributed by atoms with Gasteiger partial charge < -0.3 is 10.2 Å². The van der Waals surface area contributed by atoms with Crippen LogP contribution in [0.2, 0.25) is 0 Å². The van der Waals surface area contributed by atoms with Gasteiger partial charge in [0.2, 0.25) is 11.8 Å². The fourth-order valence-electron chi connectivity index (χ4n) is 3.51. The Balaban J connectivity index is 1.41. The predicted octanol–water partition coefficient (Wildman–Crippen LogP) is 4.42. The highest BCUT2D eigenvalue weighted by atomic mass is 32.1. The van der Waals surface area contributed by atoms with Crippen LogP contribution < -0.4 is 5.32 Å². The van der Waals surface area contributed by atoms with Gasteiger partial charge in [-0.15, -0.1) is 11.3 Å². The first kappa shape index (κ1) is 19.9. The molecule has 0 bridgehead atoms. The number of rotatable bonds is 4. The van der Waals surface area contributed by atoms with Crippen molar-refractivity contribution in [2.45, 2.75) is 31.9 Å². The Kier molecular flexibility index (Phi) is 5.33. The lowest BCUT2D eigenvalue weighted by molar-refractivity contribution is -0.138. The van der Waals surface area contributed by atoms with Crippen LogP contribution in [0.4, 0.5) is 18.3 Å². The molecule has 0 spiro atoms. The first-order chi connectivity index (χ1) is 13.8. The van der Waals surface area contributed by atoms with Crippen LogP contribution in [0.15, 0.2) is 29.6 Å². The third-order valence-electron chi connectivity index (χ3n) is 5.25. The molecule has 2 amide bonds. The standard InChI is InChI=1S/C20H20F3N3O2S/c21-20(22,23)15-5-1-3-13(9-15)16-11-29-19(24-16)25-17(27)14-4-2-8-26(10-14)18(28)12-6-7-12/h1,3,5,9,11-12,14H,2,4,6-8,10H2,(H,24,25,27). The summed E-state index contributed by atoms with van der Waals surface area (Å²) in [6, 6.07) is 4.95. The van der Waals surface area contributed by atoms with Crippen molar-refractivity contribution >= 4 is 28.3 Å². The lowest BCUT2D eigenvalue weighted by Crippen LogP contribution is -2.44. The zero-order valence-corrected chi connectivity index (χ0v) is 16.4. The number of hydrogen-bond donors (Lipinski definition) is 1. The summed E-state index contributed by atoms with van der Waals surface area (Å²) < 4.78 is 38.7. The summed E-state index contributed by atoms with van der Waals surface area (Å²) in [5, 5.41) is 4.72. The number of nitrogens with one attached hydrogen (secondary N) is 1. The van der Waals surface area contributed by atoms with Crippen LogP contribution in [-0.2, 0) is 15.8 Å². The minimum Gasteiger partial charge on any atom is -0.342 e. The number of aromatic nitrogens is 1. The Labute approximate surface area is 169 Å². The second kappa shape index (κ2) is 7.78. The lowest BCUT2D eigenvalue weighted by Gasteiger charge is -2.32. The van der Waals surface area contributed by atoms with Crippen LogP contribution in [-0.4, -0.2) is 34.8 Å². The van der Waals surface area contributed by atoms with Crippen molar-refractivity contribution in [3.05, 3.63) is 35.2 Å². The molecular weight excluding hydrogens is 403 g/mol. The normalized spacial score (nSPS) is 19.8. The minimum absolute atomic E-state index is 0.130. The summed E-state index contributed by atoms with van der Waals surface area (Å²) in [5.74, 6) is -0.232. The zero-order valence-electron chi connectivity index (χ0n) is 15.5. The van der Waals surface area contributed by atoms with Gasteiger partial charge >= 0.3 is 6.18 Å². The molecule has 1 aliphatic heterocycles. The van der Waals surface area contributed by atoms with Crippen molar-refractivity contribution < 1.29 is 22.8 Å². The number of likely N-dealkylation sites (tertiary alicyclic amines) is 1. The van der Waals surface area contributed by atoms with Crippen molar-refractivity contribution in [2.75, 3.05) is 18.4 Å². The molecule has 0 radical (unpaired) electrons. The number of halogens is 3. The smallest absolute Gasteiger partial charge is 0.342 e. The highest BCUT2D eigenvalue weighted by Gasteiger charge is 2.37. The Hall–Kier alpha value is -2.42. The number of hydrogen-bond acceptors (Lipinski definition) is 4. The third kappa shape index (κ3) is 4.60. The largest absolute Gasteiger partial charge is 0.416 e. The molecule has 1 aromatic heterocycles. The summed E-state index contributed by atoms with van der Waals surface area (Å²) in [7, 11) is 0. The summed E-state index contributed by atoms with van der Waals surface area (Å²) in [6.07, 6.45) is -1.07. The quantitative estimate of drug-likeness (QED) is 0.792. The molecule has 1 unspecified atom stereocenters. The van der Waals surface area contributed by atoms with E-state index in [9.17, 15) is 22.8 Å². The van der Waals surface area contributed by atoms with Gasteiger partial charge in [-0.2, -0.15) is 13.2 Å². The lowest BCUT2D eigenvalue weighted by atomic mass is 9.97. The monoisotopic (exact) mass is 423 g/mol. The summed E-state index contributed by atoms with van der Waals surface area (Å²) in [5.41, 5.74) is -0.0164. The van der Waals surface area contributed by atoms with Crippen LogP contribution >= 0.6 is 11.3 Å². The Bertz CT molecular complexity index is 924. The third-order valence-corrected chi connectivity index (χ3v) is 6.01. The van der Waals surface area contributed by atoms with Gasteiger partial charge in [0.25, 0.3) is 0 Å². The maximum Gasteiger partial charge on any atom is 0.416 e. The Morgan fingerprint density at radius 1 is 1.17 bits per heavy atom. The Morgan fingerprint density at radius 2 is 1.97 bits per heavy atom. The average molecular weight is 423 g/mol. The molecule has 9 heteroatoms. The fraction of sp³-hybridized carbons (Fsp3) is 0.450. The molecule has 154 valence electrons. The molecule has 1 saturated carbocycles. The van der Waals surface area contributed by atoms with Gasteiger partial charge in [-0.25, -0.2) is 4.98 Å². The van der Waals surface area contributed by atoms with Crippen LogP contribution in [0.5, 0.6) is 0 Å². The van der Waals surface area contributed by atoms with Crippen molar-refractivity contribution in [1.82, 2.24) is 9.88 Å². The Morgan fingerprint density at radius 3 is 2.69 bits per heavy atom. The molecule has 2 fully saturated rings. The van der Waals surface area contributed by atoms with Gasteiger partial charge in [-0.1, -0.05) is 12.1 Å². The number of thiazole rings is 1. The zero-order chi connectivity index (χ0) is 20.6. The number of carbonyl (C=O) groups excluding carboxylic acids is 2. The molecule has 2 heterocycles. The van der Waals surface area contributed by atoms with E-state index in [1.54, 1.807) is 16.3 Å². The highest BCUT2D eigenvalue weighted by molar-refractivity contribution is 7.14. The maximum atomic E-state index is 12.9. The van der Waals surface area contributed by atoms with Crippen LogP contribution in [0.1, 0.15) is 31.2 Å². The fourth-order valence-corrected chi connectivity index (χ4v) is 4.23. The summed E-state index contributed by atoms with van der Waals surface area (Å²) in [6.45, 7) is 1.10. The van der Waals surface area contributed by atoms with E-state index in [2.05, 4.69) is 10.3 Å². The van der Waals surface area contributed by atoms with Gasteiger partial charge in [0, 0.05) is 30.0 Å². The van der Waals surface area contributed by atoms with Crippen molar-refractivity contribution in [2.24, 2.45) is 11.8 Å². The van der Waals surface area contributed by atoms with Crippen molar-refractivity contribution in [1.29, 1.82) is 0 Å². The molecule has 5 nitrogen and oxygen atoms in total. The average Bonchev–Trinajstić information content (AvgIpc) is 3.46. The van der Waals surface area contributed by atoms with Gasteiger partial charge in [0.05, 0.1) is 17.2 Å². The number of piperidine rings is 1. The second-order valence-electron chi connectivity index (χ2n) is 7.50. The van der Waals surface area contributed by atoms with Gasteiger partial charge in [-0.3, -0.25) is 9.59 Å². The SMILES string of the molecule is O=C(Nc1nc(-c2cccc(C(F)(F)F)c2)cs1)C1CCCN(C(=O)C2CC2)C1. The van der Waals surface area contributed by atoms with E-state index >= 15 is 0 Å². The number of alkyl halides is 3. The first-order valence-corrected chi connectivity index (χ1v) is 10.4. The maximum absolute atomic E-state index is 12.9. The number of benzene rings is 1.